The molecule has 1 N–H and O–H groups in total. The maximum absolute atomic E-state index is 8.76. The van der Waals surface area contributed by atoms with Gasteiger partial charge in [0.25, 0.3) is 0 Å². The molecule has 0 aliphatic heterocycles. The Morgan fingerprint density at radius 2 is 1.95 bits per heavy atom. The molecule has 0 spiro atoms. The zero-order chi connectivity index (χ0) is 14.5. The number of aryl methyl sites for hydroxylation is 1. The minimum Gasteiger partial charge on any atom is -0.396 e. The van der Waals surface area contributed by atoms with E-state index in [4.69, 9.17) is 9.63 Å². The molecule has 0 fully saturated rings. The first-order valence-electron chi connectivity index (χ1n) is 7.16. The van der Waals surface area contributed by atoms with Crippen LogP contribution in [0.5, 0.6) is 0 Å². The van der Waals surface area contributed by atoms with Gasteiger partial charge in [-0.1, -0.05) is 35.8 Å². The molecular formula is C16H17N3O2. The van der Waals surface area contributed by atoms with Crippen molar-refractivity contribution in [1.82, 2.24) is 15.1 Å². The molecule has 0 aliphatic rings. The fourth-order valence-electron chi connectivity index (χ4n) is 2.32. The molecule has 0 saturated carbocycles. The Morgan fingerprint density at radius 1 is 1.05 bits per heavy atom. The predicted octanol–water partition coefficient (Wildman–Crippen LogP) is 2.99. The van der Waals surface area contributed by atoms with Crippen LogP contribution in [-0.2, 0) is 6.42 Å². The van der Waals surface area contributed by atoms with Crippen LogP contribution in [0.1, 0.15) is 25.2 Å². The summed E-state index contributed by atoms with van der Waals surface area (Å²) in [6, 6.07) is 9.98. The largest absolute Gasteiger partial charge is 0.396 e. The first kappa shape index (κ1) is 13.7. The molecule has 108 valence electrons. The zero-order valence-corrected chi connectivity index (χ0v) is 11.7. The van der Waals surface area contributed by atoms with Crippen molar-refractivity contribution in [3.63, 3.8) is 0 Å². The number of nitrogens with zero attached hydrogens (tertiary/aromatic N) is 3. The first-order valence-corrected chi connectivity index (χ1v) is 7.16. The third-order valence-electron chi connectivity index (χ3n) is 3.40. The van der Waals surface area contributed by atoms with Gasteiger partial charge >= 0.3 is 0 Å². The molecule has 3 rings (SSSR count). The lowest BCUT2D eigenvalue weighted by Gasteiger charge is -2.00. The lowest BCUT2D eigenvalue weighted by Crippen LogP contribution is -1.90. The van der Waals surface area contributed by atoms with E-state index in [9.17, 15) is 0 Å². The Morgan fingerprint density at radius 3 is 2.86 bits per heavy atom. The summed E-state index contributed by atoms with van der Waals surface area (Å²) in [4.78, 5) is 8.81. The minimum atomic E-state index is 0.231. The maximum Gasteiger partial charge on any atom is 0.227 e. The number of fused-ring (bicyclic) bond motifs is 1. The fourth-order valence-corrected chi connectivity index (χ4v) is 2.32. The normalized spacial score (nSPS) is 11.1. The van der Waals surface area contributed by atoms with Crippen LogP contribution in [0, 0.1) is 0 Å². The topological polar surface area (TPSA) is 72.0 Å². The van der Waals surface area contributed by atoms with Crippen molar-refractivity contribution in [2.75, 3.05) is 6.61 Å². The van der Waals surface area contributed by atoms with Crippen molar-refractivity contribution in [1.29, 1.82) is 0 Å². The molecule has 3 aromatic rings. The van der Waals surface area contributed by atoms with Crippen molar-refractivity contribution >= 4 is 10.8 Å². The quantitative estimate of drug-likeness (QED) is 0.704. The summed E-state index contributed by atoms with van der Waals surface area (Å²) < 4.78 is 5.28. The molecule has 0 saturated heterocycles. The predicted molar refractivity (Wildman–Crippen MR) is 79.7 cm³/mol. The Hall–Kier alpha value is -2.27. The van der Waals surface area contributed by atoms with Crippen LogP contribution in [0.4, 0.5) is 0 Å². The first-order chi connectivity index (χ1) is 10.4. The smallest absolute Gasteiger partial charge is 0.227 e. The van der Waals surface area contributed by atoms with Gasteiger partial charge in [-0.05, 0) is 24.3 Å². The standard InChI is InChI=1S/C16H17N3O2/c20-11-5-1-2-8-14-18-16(19-21-14)15-13-7-4-3-6-12(13)9-10-17-15/h3-4,6-7,9-10,20H,1-2,5,8,11H2. The summed E-state index contributed by atoms with van der Waals surface area (Å²) in [7, 11) is 0. The van der Waals surface area contributed by atoms with Crippen molar-refractivity contribution in [2.45, 2.75) is 25.7 Å². The Balaban J connectivity index is 1.81. The van der Waals surface area contributed by atoms with Gasteiger partial charge in [0.1, 0.15) is 5.69 Å². The third-order valence-corrected chi connectivity index (χ3v) is 3.40. The van der Waals surface area contributed by atoms with Gasteiger partial charge in [-0.2, -0.15) is 4.98 Å². The van der Waals surface area contributed by atoms with Gasteiger partial charge in [0.15, 0.2) is 0 Å². The molecule has 0 aliphatic carbocycles. The Kier molecular flexibility index (Phi) is 4.21. The average molecular weight is 283 g/mol. The number of unbranched alkanes of at least 4 members (excludes halogenated alkanes) is 2. The summed E-state index contributed by atoms with van der Waals surface area (Å²) in [6.07, 6.45) is 5.20. The number of pyridine rings is 1. The van der Waals surface area contributed by atoms with Crippen molar-refractivity contribution in [3.8, 4) is 11.5 Å². The van der Waals surface area contributed by atoms with E-state index in [0.717, 1.165) is 42.1 Å². The van der Waals surface area contributed by atoms with E-state index in [0.29, 0.717) is 11.7 Å². The highest BCUT2D eigenvalue weighted by atomic mass is 16.5. The van der Waals surface area contributed by atoms with Gasteiger partial charge in [-0.25, -0.2) is 0 Å². The van der Waals surface area contributed by atoms with Crippen molar-refractivity contribution < 1.29 is 9.63 Å². The molecule has 0 amide bonds. The van der Waals surface area contributed by atoms with E-state index in [1.807, 2.05) is 30.3 Å². The van der Waals surface area contributed by atoms with Crippen LogP contribution in [0.2, 0.25) is 0 Å². The average Bonchev–Trinajstić information content (AvgIpc) is 3.00. The molecule has 21 heavy (non-hydrogen) atoms. The third kappa shape index (κ3) is 3.08. The number of aromatic nitrogens is 3. The molecule has 0 atom stereocenters. The lowest BCUT2D eigenvalue weighted by atomic mass is 10.1. The highest BCUT2D eigenvalue weighted by Crippen LogP contribution is 2.24. The Labute approximate surface area is 122 Å². The van der Waals surface area contributed by atoms with Crippen LogP contribution in [0.3, 0.4) is 0 Å². The number of rotatable bonds is 6. The monoisotopic (exact) mass is 283 g/mol. The van der Waals surface area contributed by atoms with Gasteiger partial charge in [0.2, 0.25) is 11.7 Å². The number of benzene rings is 1. The molecule has 2 heterocycles. The molecule has 5 heteroatoms. The van der Waals surface area contributed by atoms with Gasteiger partial charge in [0, 0.05) is 24.6 Å². The van der Waals surface area contributed by atoms with Crippen molar-refractivity contribution in [3.05, 3.63) is 42.4 Å². The summed E-state index contributed by atoms with van der Waals surface area (Å²) in [5, 5.41) is 14.9. The fraction of sp³-hybridized carbons (Fsp3) is 0.312. The van der Waals surface area contributed by atoms with E-state index in [1.165, 1.54) is 0 Å². The lowest BCUT2D eigenvalue weighted by molar-refractivity contribution is 0.281. The number of aliphatic hydroxyl groups is 1. The second kappa shape index (κ2) is 6.45. The molecule has 0 radical (unpaired) electrons. The van der Waals surface area contributed by atoms with Gasteiger partial charge in [-0.15, -0.1) is 0 Å². The number of hydrogen-bond donors (Lipinski definition) is 1. The molecule has 1 aromatic carbocycles. The second-order valence-electron chi connectivity index (χ2n) is 4.93. The highest BCUT2D eigenvalue weighted by molar-refractivity contribution is 5.92. The SMILES string of the molecule is OCCCCCc1nc(-c2nccc3ccccc23)no1. The van der Waals surface area contributed by atoms with Crippen LogP contribution < -0.4 is 0 Å². The van der Waals surface area contributed by atoms with Crippen molar-refractivity contribution in [2.24, 2.45) is 0 Å². The summed E-state index contributed by atoms with van der Waals surface area (Å²) >= 11 is 0. The van der Waals surface area contributed by atoms with Crippen LogP contribution in [-0.4, -0.2) is 26.8 Å². The van der Waals surface area contributed by atoms with Gasteiger partial charge in [0.05, 0.1) is 0 Å². The summed E-state index contributed by atoms with van der Waals surface area (Å²) in [6.45, 7) is 0.231. The zero-order valence-electron chi connectivity index (χ0n) is 11.7. The number of aliphatic hydroxyl groups excluding tert-OH is 1. The molecule has 0 bridgehead atoms. The molecule has 5 nitrogen and oxygen atoms in total. The number of hydrogen-bond acceptors (Lipinski definition) is 5. The Bertz CT molecular complexity index is 719. The van der Waals surface area contributed by atoms with Gasteiger partial charge < -0.3 is 9.63 Å². The van der Waals surface area contributed by atoms with Crippen LogP contribution >= 0.6 is 0 Å². The highest BCUT2D eigenvalue weighted by Gasteiger charge is 2.12. The van der Waals surface area contributed by atoms with Crippen LogP contribution in [0.25, 0.3) is 22.3 Å². The van der Waals surface area contributed by atoms with Crippen LogP contribution in [0.15, 0.2) is 41.1 Å². The van der Waals surface area contributed by atoms with Gasteiger partial charge in [-0.3, -0.25) is 4.98 Å². The molecule has 0 unspecified atom stereocenters. The van der Waals surface area contributed by atoms with E-state index in [2.05, 4.69) is 15.1 Å². The van der Waals surface area contributed by atoms with E-state index in [1.54, 1.807) is 6.20 Å². The minimum absolute atomic E-state index is 0.231. The van der Waals surface area contributed by atoms with E-state index >= 15 is 0 Å². The van der Waals surface area contributed by atoms with E-state index < -0.39 is 0 Å². The second-order valence-corrected chi connectivity index (χ2v) is 4.93. The molecular weight excluding hydrogens is 266 g/mol. The maximum atomic E-state index is 8.76. The van der Waals surface area contributed by atoms with E-state index in [-0.39, 0.29) is 6.61 Å². The summed E-state index contributed by atoms with van der Waals surface area (Å²) in [5.41, 5.74) is 0.749. The summed E-state index contributed by atoms with van der Waals surface area (Å²) in [5.74, 6) is 1.15. The molecule has 2 aromatic heterocycles.